The largest absolute Gasteiger partial charge is 0.496 e. The van der Waals surface area contributed by atoms with Crippen molar-refractivity contribution in [1.82, 2.24) is 5.32 Å². The summed E-state index contributed by atoms with van der Waals surface area (Å²) >= 11 is 6.31. The Morgan fingerprint density at radius 2 is 1.89 bits per heavy atom. The summed E-state index contributed by atoms with van der Waals surface area (Å²) in [5, 5.41) is 23.7. The molecule has 0 saturated carbocycles. The second kappa shape index (κ2) is 8.39. The molecule has 1 atom stereocenters. The highest BCUT2D eigenvalue weighted by Crippen LogP contribution is 2.35. The van der Waals surface area contributed by atoms with Crippen LogP contribution in [-0.4, -0.2) is 35.9 Å². The quantitative estimate of drug-likeness (QED) is 0.578. The Bertz CT molecular complexity index is 974. The number of carbonyl (C=O) groups is 1. The number of benzene rings is 3. The number of rotatable bonds is 7. The van der Waals surface area contributed by atoms with Gasteiger partial charge in [-0.3, -0.25) is 10.1 Å². The van der Waals surface area contributed by atoms with Crippen LogP contribution in [0.3, 0.4) is 0 Å². The molecule has 5 nitrogen and oxygen atoms in total. The van der Waals surface area contributed by atoms with Gasteiger partial charge in [0.05, 0.1) is 13.7 Å². The summed E-state index contributed by atoms with van der Waals surface area (Å²) in [6.45, 7) is -0.213. The zero-order chi connectivity index (χ0) is 19.4. The van der Waals surface area contributed by atoms with Crippen LogP contribution in [-0.2, 0) is 11.3 Å². The van der Waals surface area contributed by atoms with Crippen LogP contribution in [0, 0.1) is 0 Å². The summed E-state index contributed by atoms with van der Waals surface area (Å²) < 4.78 is 5.49. The third kappa shape index (κ3) is 4.06. The molecule has 0 heterocycles. The number of aliphatic hydroxyl groups is 1. The molecule has 6 heteroatoms. The molecule has 3 N–H and O–H groups in total. The fourth-order valence-electron chi connectivity index (χ4n) is 3.04. The molecule has 0 fully saturated rings. The van der Waals surface area contributed by atoms with Crippen molar-refractivity contribution in [2.45, 2.75) is 12.6 Å². The Morgan fingerprint density at radius 1 is 1.15 bits per heavy atom. The van der Waals surface area contributed by atoms with Gasteiger partial charge in [-0.15, -0.1) is 0 Å². The molecule has 0 unspecified atom stereocenters. The van der Waals surface area contributed by atoms with Gasteiger partial charge in [-0.25, -0.2) is 0 Å². The average Bonchev–Trinajstić information content (AvgIpc) is 2.69. The highest BCUT2D eigenvalue weighted by Gasteiger charge is 2.16. The summed E-state index contributed by atoms with van der Waals surface area (Å²) in [4.78, 5) is 11.0. The molecule has 0 aliphatic heterocycles. The minimum atomic E-state index is -1.10. The van der Waals surface area contributed by atoms with Gasteiger partial charge in [0, 0.05) is 22.5 Å². The highest BCUT2D eigenvalue weighted by atomic mass is 35.5. The van der Waals surface area contributed by atoms with Gasteiger partial charge in [0.25, 0.3) is 0 Å². The molecular weight excluding hydrogens is 366 g/mol. The monoisotopic (exact) mass is 385 g/mol. The molecule has 3 aromatic rings. The standard InChI is InChI=1S/C21H20ClNO4/c1-27-20-10-13(6-7-14(20)11-23-19(12-24)21(25)26)15-8-9-18(22)17-5-3-2-4-16(15)17/h2-10,19,23-24H,11-12H2,1H3,(H,25,26)/t19-/m1/s1. The number of hydrogen-bond donors (Lipinski definition) is 3. The summed E-state index contributed by atoms with van der Waals surface area (Å²) in [5.74, 6) is -0.457. The smallest absolute Gasteiger partial charge is 0.323 e. The van der Waals surface area contributed by atoms with Gasteiger partial charge in [-0.05, 0) is 28.6 Å². The predicted octanol–water partition coefficient (Wildman–Crippen LogP) is 3.70. The zero-order valence-electron chi connectivity index (χ0n) is 14.8. The number of nitrogens with one attached hydrogen (secondary N) is 1. The van der Waals surface area contributed by atoms with E-state index in [4.69, 9.17) is 26.6 Å². The number of aliphatic hydroxyl groups excluding tert-OH is 1. The third-order valence-electron chi connectivity index (χ3n) is 4.49. The van der Waals surface area contributed by atoms with Crippen LogP contribution in [0.2, 0.25) is 5.02 Å². The maximum absolute atomic E-state index is 11.0. The van der Waals surface area contributed by atoms with Crippen LogP contribution in [0.25, 0.3) is 21.9 Å². The topological polar surface area (TPSA) is 78.8 Å². The van der Waals surface area contributed by atoms with Gasteiger partial charge in [-0.2, -0.15) is 0 Å². The van der Waals surface area contributed by atoms with Crippen molar-refractivity contribution in [3.8, 4) is 16.9 Å². The SMILES string of the molecule is COc1cc(-c2ccc(Cl)c3ccccc23)ccc1CN[C@H](CO)C(=O)O. The van der Waals surface area contributed by atoms with Gasteiger partial charge >= 0.3 is 5.97 Å². The number of hydrogen-bond acceptors (Lipinski definition) is 4. The first-order valence-electron chi connectivity index (χ1n) is 8.46. The van der Waals surface area contributed by atoms with Crippen LogP contribution in [0.15, 0.2) is 54.6 Å². The summed E-state index contributed by atoms with van der Waals surface area (Å²) in [6.07, 6.45) is 0. The lowest BCUT2D eigenvalue weighted by atomic mass is 9.97. The number of aliphatic carboxylic acids is 1. The number of methoxy groups -OCH3 is 1. The molecule has 3 aromatic carbocycles. The molecule has 0 amide bonds. The number of carboxylic acids is 1. The lowest BCUT2D eigenvalue weighted by molar-refractivity contribution is -0.140. The number of carboxylic acid groups (broad SMARTS) is 1. The molecule has 140 valence electrons. The van der Waals surface area contributed by atoms with E-state index in [1.165, 1.54) is 0 Å². The molecule has 3 rings (SSSR count). The van der Waals surface area contributed by atoms with E-state index in [9.17, 15) is 4.79 Å². The second-order valence-electron chi connectivity index (χ2n) is 6.12. The normalized spacial score (nSPS) is 12.1. The van der Waals surface area contributed by atoms with Crippen LogP contribution in [0.5, 0.6) is 5.75 Å². The Balaban J connectivity index is 1.95. The fraction of sp³-hybridized carbons (Fsp3) is 0.190. The van der Waals surface area contributed by atoms with Crippen molar-refractivity contribution < 1.29 is 19.7 Å². The van der Waals surface area contributed by atoms with Gasteiger partial charge in [-0.1, -0.05) is 54.1 Å². The van der Waals surface area contributed by atoms with E-state index in [0.717, 1.165) is 27.5 Å². The van der Waals surface area contributed by atoms with Crippen LogP contribution < -0.4 is 10.1 Å². The molecule has 0 aromatic heterocycles. The molecule has 0 aliphatic carbocycles. The first-order valence-corrected chi connectivity index (χ1v) is 8.84. The van der Waals surface area contributed by atoms with E-state index in [1.54, 1.807) is 7.11 Å². The maximum Gasteiger partial charge on any atom is 0.323 e. The fourth-order valence-corrected chi connectivity index (χ4v) is 3.26. The Labute approximate surface area is 162 Å². The highest BCUT2D eigenvalue weighted by molar-refractivity contribution is 6.36. The molecule has 0 bridgehead atoms. The first-order chi connectivity index (χ1) is 13.0. The number of halogens is 1. The third-order valence-corrected chi connectivity index (χ3v) is 4.82. The minimum absolute atomic E-state index is 0.266. The van der Waals surface area contributed by atoms with E-state index < -0.39 is 18.6 Å². The number of fused-ring (bicyclic) bond motifs is 1. The zero-order valence-corrected chi connectivity index (χ0v) is 15.5. The van der Waals surface area contributed by atoms with E-state index in [2.05, 4.69) is 5.32 Å². The van der Waals surface area contributed by atoms with Crippen LogP contribution in [0.4, 0.5) is 0 Å². The first kappa shape index (κ1) is 19.2. The van der Waals surface area contributed by atoms with Crippen molar-refractivity contribution in [3.05, 3.63) is 65.2 Å². The summed E-state index contributed by atoms with van der Waals surface area (Å²) in [7, 11) is 1.57. The van der Waals surface area contributed by atoms with Crippen molar-refractivity contribution in [2.75, 3.05) is 13.7 Å². The molecule has 0 radical (unpaired) electrons. The molecule has 0 spiro atoms. The van der Waals surface area contributed by atoms with Gasteiger partial charge in [0.2, 0.25) is 0 Å². The molecular formula is C21H20ClNO4. The molecule has 0 saturated heterocycles. The summed E-state index contributed by atoms with van der Waals surface area (Å²) in [5.41, 5.74) is 2.81. The van der Waals surface area contributed by atoms with E-state index in [0.29, 0.717) is 10.8 Å². The van der Waals surface area contributed by atoms with E-state index >= 15 is 0 Å². The van der Waals surface area contributed by atoms with Gasteiger partial charge < -0.3 is 14.9 Å². The predicted molar refractivity (Wildman–Crippen MR) is 106 cm³/mol. The van der Waals surface area contributed by atoms with E-state index in [1.807, 2.05) is 54.6 Å². The molecule has 27 heavy (non-hydrogen) atoms. The van der Waals surface area contributed by atoms with Gasteiger partial charge in [0.15, 0.2) is 0 Å². The Kier molecular flexibility index (Phi) is 5.96. The van der Waals surface area contributed by atoms with Crippen LogP contribution >= 0.6 is 11.6 Å². The van der Waals surface area contributed by atoms with Crippen molar-refractivity contribution in [3.63, 3.8) is 0 Å². The lowest BCUT2D eigenvalue weighted by Gasteiger charge is -2.15. The minimum Gasteiger partial charge on any atom is -0.496 e. The second-order valence-corrected chi connectivity index (χ2v) is 6.53. The number of ether oxygens (including phenoxy) is 1. The van der Waals surface area contributed by atoms with Crippen molar-refractivity contribution in [1.29, 1.82) is 0 Å². The van der Waals surface area contributed by atoms with Crippen molar-refractivity contribution in [2.24, 2.45) is 0 Å². The van der Waals surface area contributed by atoms with Crippen LogP contribution in [0.1, 0.15) is 5.56 Å². The van der Waals surface area contributed by atoms with Gasteiger partial charge in [0.1, 0.15) is 11.8 Å². The summed E-state index contributed by atoms with van der Waals surface area (Å²) in [6, 6.07) is 16.5. The van der Waals surface area contributed by atoms with E-state index in [-0.39, 0.29) is 6.54 Å². The average molecular weight is 386 g/mol. The molecule has 0 aliphatic rings. The van der Waals surface area contributed by atoms with Crippen molar-refractivity contribution >= 4 is 28.3 Å². The Morgan fingerprint density at radius 3 is 2.56 bits per heavy atom. The lowest BCUT2D eigenvalue weighted by Crippen LogP contribution is -2.39. The Hall–Kier alpha value is -2.60. The maximum atomic E-state index is 11.0.